The summed E-state index contributed by atoms with van der Waals surface area (Å²) in [6, 6.07) is 11.9. The molecule has 1 N–H and O–H groups in total. The maximum absolute atomic E-state index is 11.2. The summed E-state index contributed by atoms with van der Waals surface area (Å²) < 4.78 is 5.66. The number of benzene rings is 2. The molecule has 0 heterocycles. The van der Waals surface area contributed by atoms with Crippen LogP contribution >= 0.6 is 34.8 Å². The number of amides is 1. The van der Waals surface area contributed by atoms with Crippen LogP contribution in [0.1, 0.15) is 12.0 Å². The highest BCUT2D eigenvalue weighted by Crippen LogP contribution is 2.38. The number of nitrogens with one attached hydrogen (secondary N) is 1. The average Bonchev–Trinajstić information content (AvgIpc) is 2.50. The van der Waals surface area contributed by atoms with Crippen molar-refractivity contribution < 1.29 is 9.53 Å². The Bertz CT molecular complexity index is 732. The van der Waals surface area contributed by atoms with Gasteiger partial charge in [-0.25, -0.2) is 0 Å². The van der Waals surface area contributed by atoms with Crippen LogP contribution in [0.4, 0.5) is 0 Å². The molecule has 1 amide bonds. The summed E-state index contributed by atoms with van der Waals surface area (Å²) in [6.07, 6.45) is -0.158. The first-order valence-corrected chi connectivity index (χ1v) is 7.68. The molecule has 0 saturated heterocycles. The van der Waals surface area contributed by atoms with Crippen molar-refractivity contribution >= 4 is 40.7 Å². The fraction of sp³-hybridized carbons (Fsp3) is 0.125. The highest BCUT2D eigenvalue weighted by Gasteiger charge is 2.10. The molecule has 0 spiro atoms. The average molecular weight is 370 g/mol. The number of carbonyl (C=O) groups is 1. The number of hydrogen-bond donors (Lipinski definition) is 1. The van der Waals surface area contributed by atoms with Gasteiger partial charge in [-0.1, -0.05) is 46.9 Å². The summed E-state index contributed by atoms with van der Waals surface area (Å²) in [5.41, 5.74) is 0.872. The zero-order valence-electron chi connectivity index (χ0n) is 11.8. The Morgan fingerprint density at radius 2 is 1.74 bits per heavy atom. The number of rotatable bonds is 5. The molecular weight excluding hydrogens is 359 g/mol. The van der Waals surface area contributed by atoms with Gasteiger partial charge in [0.2, 0.25) is 5.91 Å². The summed E-state index contributed by atoms with van der Waals surface area (Å²) in [5, 5.41) is 12.1. The lowest BCUT2D eigenvalue weighted by Gasteiger charge is -2.10. The third-order valence-corrected chi connectivity index (χ3v) is 3.62. The standard InChI is InChI=1S/C16H11Cl3N2O2/c17-11-7-13(18)16(14(19)8-11)23-12-3-1-10(2-4-12)9-21-15(22)5-6-20/h1-4,7-8H,5,9H2,(H,21,22). The van der Waals surface area contributed by atoms with Crippen molar-refractivity contribution in [2.24, 2.45) is 0 Å². The van der Waals surface area contributed by atoms with Gasteiger partial charge < -0.3 is 10.1 Å². The molecule has 2 aromatic rings. The Balaban J connectivity index is 2.03. The second-order valence-corrected chi connectivity index (χ2v) is 5.81. The minimum absolute atomic E-state index is 0.158. The summed E-state index contributed by atoms with van der Waals surface area (Å²) in [4.78, 5) is 11.2. The van der Waals surface area contributed by atoms with Crippen LogP contribution in [0.25, 0.3) is 0 Å². The molecule has 0 fully saturated rings. The van der Waals surface area contributed by atoms with Crippen LogP contribution in [-0.2, 0) is 11.3 Å². The van der Waals surface area contributed by atoms with Crippen molar-refractivity contribution in [1.82, 2.24) is 5.32 Å². The number of nitrogens with zero attached hydrogens (tertiary/aromatic N) is 1. The van der Waals surface area contributed by atoms with E-state index < -0.39 is 0 Å². The van der Waals surface area contributed by atoms with Gasteiger partial charge in [-0.3, -0.25) is 4.79 Å². The second kappa shape index (κ2) is 8.07. The Morgan fingerprint density at radius 3 is 2.30 bits per heavy atom. The van der Waals surface area contributed by atoms with Crippen molar-refractivity contribution in [2.45, 2.75) is 13.0 Å². The number of nitriles is 1. The normalized spacial score (nSPS) is 10.0. The van der Waals surface area contributed by atoms with E-state index in [-0.39, 0.29) is 12.3 Å². The minimum Gasteiger partial charge on any atom is -0.454 e. The zero-order valence-corrected chi connectivity index (χ0v) is 14.0. The number of hydrogen-bond acceptors (Lipinski definition) is 3. The largest absolute Gasteiger partial charge is 0.454 e. The molecular formula is C16H11Cl3N2O2. The zero-order chi connectivity index (χ0) is 16.8. The minimum atomic E-state index is -0.312. The summed E-state index contributed by atoms with van der Waals surface area (Å²) in [6.45, 7) is 0.337. The third-order valence-electron chi connectivity index (χ3n) is 2.84. The highest BCUT2D eigenvalue weighted by atomic mass is 35.5. The van der Waals surface area contributed by atoms with Crippen LogP contribution in [0.5, 0.6) is 11.5 Å². The van der Waals surface area contributed by atoms with E-state index in [1.165, 1.54) is 0 Å². The molecule has 7 heteroatoms. The monoisotopic (exact) mass is 368 g/mol. The molecule has 0 bridgehead atoms. The molecule has 0 saturated carbocycles. The fourth-order valence-electron chi connectivity index (χ4n) is 1.75. The smallest absolute Gasteiger partial charge is 0.234 e. The van der Waals surface area contributed by atoms with E-state index in [9.17, 15) is 4.79 Å². The van der Waals surface area contributed by atoms with E-state index in [1.54, 1.807) is 42.5 Å². The van der Waals surface area contributed by atoms with Gasteiger partial charge in [-0.15, -0.1) is 0 Å². The number of carbonyl (C=O) groups excluding carboxylic acids is 1. The van der Waals surface area contributed by atoms with Crippen LogP contribution in [0.2, 0.25) is 15.1 Å². The molecule has 118 valence electrons. The molecule has 0 atom stereocenters. The Morgan fingerprint density at radius 1 is 1.13 bits per heavy atom. The molecule has 23 heavy (non-hydrogen) atoms. The topological polar surface area (TPSA) is 62.1 Å². The second-order valence-electron chi connectivity index (χ2n) is 4.56. The quantitative estimate of drug-likeness (QED) is 0.809. The fourth-order valence-corrected chi connectivity index (χ4v) is 2.65. The van der Waals surface area contributed by atoms with Gasteiger partial charge in [0.15, 0.2) is 5.75 Å². The van der Waals surface area contributed by atoms with Gasteiger partial charge in [-0.05, 0) is 29.8 Å². The van der Waals surface area contributed by atoms with Crippen molar-refractivity contribution in [3.05, 3.63) is 57.0 Å². The lowest BCUT2D eigenvalue weighted by Crippen LogP contribution is -2.21. The first-order valence-electron chi connectivity index (χ1n) is 6.54. The first kappa shape index (κ1) is 17.4. The predicted octanol–water partition coefficient (Wildman–Crippen LogP) is 4.97. The Kier molecular flexibility index (Phi) is 6.12. The van der Waals surface area contributed by atoms with Gasteiger partial charge in [0, 0.05) is 11.6 Å². The van der Waals surface area contributed by atoms with Crippen LogP contribution in [0.3, 0.4) is 0 Å². The van der Waals surface area contributed by atoms with Gasteiger partial charge in [0.1, 0.15) is 12.2 Å². The van der Waals surface area contributed by atoms with E-state index in [0.29, 0.717) is 33.1 Å². The maximum Gasteiger partial charge on any atom is 0.234 e. The van der Waals surface area contributed by atoms with Crippen LogP contribution in [0, 0.1) is 11.3 Å². The van der Waals surface area contributed by atoms with Crippen molar-refractivity contribution in [2.75, 3.05) is 0 Å². The molecule has 0 aliphatic heterocycles. The van der Waals surface area contributed by atoms with Gasteiger partial charge in [-0.2, -0.15) is 5.26 Å². The van der Waals surface area contributed by atoms with E-state index in [4.69, 9.17) is 44.8 Å². The lowest BCUT2D eigenvalue weighted by molar-refractivity contribution is -0.120. The van der Waals surface area contributed by atoms with Crippen molar-refractivity contribution in [3.63, 3.8) is 0 Å². The summed E-state index contributed by atoms with van der Waals surface area (Å²) in [7, 11) is 0. The van der Waals surface area contributed by atoms with Gasteiger partial charge in [0.25, 0.3) is 0 Å². The molecule has 4 nitrogen and oxygen atoms in total. The summed E-state index contributed by atoms with van der Waals surface area (Å²) in [5.74, 6) is 0.559. The lowest BCUT2D eigenvalue weighted by atomic mass is 10.2. The van der Waals surface area contributed by atoms with E-state index in [0.717, 1.165) is 5.56 Å². The van der Waals surface area contributed by atoms with Gasteiger partial charge >= 0.3 is 0 Å². The van der Waals surface area contributed by atoms with Crippen molar-refractivity contribution in [1.29, 1.82) is 5.26 Å². The Labute approximate surface area is 148 Å². The summed E-state index contributed by atoms with van der Waals surface area (Å²) >= 11 is 18.0. The molecule has 0 radical (unpaired) electrons. The highest BCUT2D eigenvalue weighted by molar-refractivity contribution is 6.40. The molecule has 0 aliphatic rings. The van der Waals surface area contributed by atoms with E-state index >= 15 is 0 Å². The SMILES string of the molecule is N#CCC(=O)NCc1ccc(Oc2c(Cl)cc(Cl)cc2Cl)cc1. The number of halogens is 3. The molecule has 2 aromatic carbocycles. The van der Waals surface area contributed by atoms with Crippen LogP contribution < -0.4 is 10.1 Å². The first-order chi connectivity index (χ1) is 11.0. The van der Waals surface area contributed by atoms with Gasteiger partial charge in [0.05, 0.1) is 16.1 Å². The van der Waals surface area contributed by atoms with Crippen LogP contribution in [0.15, 0.2) is 36.4 Å². The van der Waals surface area contributed by atoms with E-state index in [1.807, 2.05) is 0 Å². The molecule has 0 aromatic heterocycles. The predicted molar refractivity (Wildman–Crippen MR) is 90.1 cm³/mol. The van der Waals surface area contributed by atoms with Crippen LogP contribution in [-0.4, -0.2) is 5.91 Å². The molecule has 2 rings (SSSR count). The maximum atomic E-state index is 11.2. The Hall–Kier alpha value is -1.93. The van der Waals surface area contributed by atoms with E-state index in [2.05, 4.69) is 5.32 Å². The number of ether oxygens (including phenoxy) is 1. The molecule has 0 unspecified atom stereocenters. The van der Waals surface area contributed by atoms with Crippen molar-refractivity contribution in [3.8, 4) is 17.6 Å². The third kappa shape index (κ3) is 5.04. The molecule has 0 aliphatic carbocycles.